The third-order valence-electron chi connectivity index (χ3n) is 8.37. The number of methoxy groups -OCH3 is 2. The SMILES string of the molecule is CCCCCCCCCCCCCCCCN=CC1=C(O)[C@@]2(Oc3c(Cl)c(OC)cc(OC)c3C2=O)[C@H](C)CC1=O. The van der Waals surface area contributed by atoms with Gasteiger partial charge in [0.1, 0.15) is 22.1 Å². The Morgan fingerprint density at radius 1 is 0.951 bits per heavy atom. The van der Waals surface area contributed by atoms with Gasteiger partial charge in [0, 0.05) is 31.2 Å². The zero-order valence-corrected chi connectivity index (χ0v) is 26.1. The topological polar surface area (TPSA) is 94.4 Å². The van der Waals surface area contributed by atoms with Crippen molar-refractivity contribution in [1.29, 1.82) is 0 Å². The summed E-state index contributed by atoms with van der Waals surface area (Å²) < 4.78 is 16.8. The lowest BCUT2D eigenvalue weighted by atomic mass is 9.73. The van der Waals surface area contributed by atoms with Crippen LogP contribution in [0.25, 0.3) is 0 Å². The Hall–Kier alpha value is -2.54. The predicted molar refractivity (Wildman–Crippen MR) is 164 cm³/mol. The Morgan fingerprint density at radius 3 is 2.02 bits per heavy atom. The number of unbranched alkanes of at least 4 members (excludes halogenated alkanes) is 13. The normalized spacial score (nSPS) is 20.3. The molecular weight excluding hydrogens is 542 g/mol. The number of allylic oxidation sites excluding steroid dienone is 1. The third-order valence-corrected chi connectivity index (χ3v) is 8.73. The fraction of sp³-hybridized carbons (Fsp3) is 0.667. The number of aliphatic hydroxyl groups is 1. The molecule has 7 nitrogen and oxygen atoms in total. The number of ether oxygens (including phenoxy) is 3. The van der Waals surface area contributed by atoms with Gasteiger partial charge < -0.3 is 19.3 Å². The fourth-order valence-corrected chi connectivity index (χ4v) is 6.13. The second-order valence-corrected chi connectivity index (χ2v) is 11.8. The van der Waals surface area contributed by atoms with Crippen LogP contribution in [0.5, 0.6) is 17.2 Å². The van der Waals surface area contributed by atoms with E-state index in [-0.39, 0.29) is 45.6 Å². The van der Waals surface area contributed by atoms with Gasteiger partial charge in [-0.05, 0) is 6.42 Å². The van der Waals surface area contributed by atoms with Crippen LogP contribution in [0.3, 0.4) is 0 Å². The number of nitrogens with zero attached hydrogens (tertiary/aromatic N) is 1. The number of halogens is 1. The Labute approximate surface area is 250 Å². The molecule has 1 aromatic carbocycles. The average molecular weight is 590 g/mol. The third kappa shape index (κ3) is 7.65. The highest BCUT2D eigenvalue weighted by molar-refractivity contribution is 6.35. The second-order valence-electron chi connectivity index (χ2n) is 11.4. The van der Waals surface area contributed by atoms with Crippen LogP contribution >= 0.6 is 11.6 Å². The zero-order valence-electron chi connectivity index (χ0n) is 25.4. The number of ketones is 2. The van der Waals surface area contributed by atoms with E-state index in [0.29, 0.717) is 6.54 Å². The molecule has 0 saturated heterocycles. The minimum absolute atomic E-state index is 0.0108. The highest BCUT2D eigenvalue weighted by Crippen LogP contribution is 2.54. The molecule has 1 aliphatic heterocycles. The van der Waals surface area contributed by atoms with Crippen LogP contribution in [0.15, 0.2) is 22.4 Å². The van der Waals surface area contributed by atoms with Gasteiger partial charge >= 0.3 is 0 Å². The van der Waals surface area contributed by atoms with Crippen molar-refractivity contribution in [1.82, 2.24) is 0 Å². The number of aliphatic imine (C=N–C) groups is 1. The van der Waals surface area contributed by atoms with E-state index >= 15 is 0 Å². The van der Waals surface area contributed by atoms with E-state index in [0.717, 1.165) is 12.8 Å². The maximum Gasteiger partial charge on any atom is 0.231 e. The van der Waals surface area contributed by atoms with Crippen LogP contribution in [0.2, 0.25) is 5.02 Å². The summed E-state index contributed by atoms with van der Waals surface area (Å²) >= 11 is 6.47. The molecule has 0 bridgehead atoms. The molecule has 0 amide bonds. The second kappa shape index (κ2) is 16.2. The van der Waals surface area contributed by atoms with E-state index in [2.05, 4.69) is 11.9 Å². The maximum atomic E-state index is 13.7. The van der Waals surface area contributed by atoms with Crippen LogP contribution in [-0.2, 0) is 4.79 Å². The van der Waals surface area contributed by atoms with E-state index < -0.39 is 23.1 Å². The van der Waals surface area contributed by atoms with E-state index in [1.165, 1.54) is 104 Å². The maximum absolute atomic E-state index is 13.7. The summed E-state index contributed by atoms with van der Waals surface area (Å²) in [6.07, 6.45) is 19.3. The summed E-state index contributed by atoms with van der Waals surface area (Å²) in [7, 11) is 2.88. The minimum Gasteiger partial charge on any atom is -0.507 e. The van der Waals surface area contributed by atoms with Crippen molar-refractivity contribution in [2.45, 2.75) is 116 Å². The Balaban J connectivity index is 1.50. The predicted octanol–water partition coefficient (Wildman–Crippen LogP) is 8.64. The van der Waals surface area contributed by atoms with Crippen LogP contribution in [0.4, 0.5) is 0 Å². The van der Waals surface area contributed by atoms with Gasteiger partial charge in [0.25, 0.3) is 0 Å². The summed E-state index contributed by atoms with van der Waals surface area (Å²) in [4.78, 5) is 31.0. The first-order valence-corrected chi connectivity index (χ1v) is 15.9. The van der Waals surface area contributed by atoms with Gasteiger partial charge in [-0.15, -0.1) is 0 Å². The van der Waals surface area contributed by atoms with E-state index in [9.17, 15) is 14.7 Å². The highest BCUT2D eigenvalue weighted by Gasteiger charge is 2.60. The monoisotopic (exact) mass is 589 g/mol. The molecule has 228 valence electrons. The van der Waals surface area contributed by atoms with Gasteiger partial charge in [-0.3, -0.25) is 14.6 Å². The molecule has 0 radical (unpaired) electrons. The summed E-state index contributed by atoms with van der Waals surface area (Å²) in [6.45, 7) is 4.52. The molecule has 1 heterocycles. The van der Waals surface area contributed by atoms with Crippen LogP contribution in [0, 0.1) is 5.92 Å². The number of rotatable bonds is 18. The highest BCUT2D eigenvalue weighted by atomic mass is 35.5. The molecule has 41 heavy (non-hydrogen) atoms. The quantitative estimate of drug-likeness (QED) is 0.136. The number of hydrogen-bond donors (Lipinski definition) is 1. The number of fused-ring (bicyclic) bond motifs is 1. The van der Waals surface area contributed by atoms with E-state index in [1.807, 2.05) is 0 Å². The van der Waals surface area contributed by atoms with Gasteiger partial charge in [-0.2, -0.15) is 0 Å². The lowest BCUT2D eigenvalue weighted by molar-refractivity contribution is -0.118. The van der Waals surface area contributed by atoms with Crippen molar-refractivity contribution in [3.05, 3.63) is 28.0 Å². The van der Waals surface area contributed by atoms with Gasteiger partial charge in [0.05, 0.1) is 19.8 Å². The molecular formula is C33H48ClNO6. The zero-order chi connectivity index (χ0) is 29.8. The standard InChI is InChI=1S/C33H48ClNO6/c1-5-6-7-8-9-10-11-12-13-14-15-16-17-18-19-35-22-24-25(36)20-23(2)33(31(24)37)32(38)28-26(39-3)21-27(40-4)29(34)30(28)41-33/h21-23,37H,5-20H2,1-4H3/t23-,33+/m1/s1. The smallest absolute Gasteiger partial charge is 0.231 e. The molecule has 2 aliphatic rings. The summed E-state index contributed by atoms with van der Waals surface area (Å²) in [6, 6.07) is 1.51. The summed E-state index contributed by atoms with van der Waals surface area (Å²) in [5.41, 5.74) is -1.63. The molecule has 0 fully saturated rings. The lowest BCUT2D eigenvalue weighted by Crippen LogP contribution is -2.52. The van der Waals surface area contributed by atoms with Gasteiger partial charge in [-0.25, -0.2) is 0 Å². The Morgan fingerprint density at radius 2 is 1.49 bits per heavy atom. The van der Waals surface area contributed by atoms with Crippen LogP contribution in [0.1, 0.15) is 121 Å². The number of Topliss-reactive ketones (excluding diaryl/α,β-unsaturated/α-hetero) is 2. The first kappa shape index (κ1) is 33.0. The van der Waals surface area contributed by atoms with Crippen molar-refractivity contribution in [3.63, 3.8) is 0 Å². The van der Waals surface area contributed by atoms with E-state index in [4.69, 9.17) is 25.8 Å². The lowest BCUT2D eigenvalue weighted by Gasteiger charge is -2.36. The molecule has 0 aromatic heterocycles. The van der Waals surface area contributed by atoms with Crippen molar-refractivity contribution >= 4 is 29.4 Å². The molecule has 1 spiro atoms. The molecule has 0 unspecified atom stereocenters. The number of benzene rings is 1. The Bertz CT molecular complexity index is 1110. The van der Waals surface area contributed by atoms with Crippen molar-refractivity contribution in [2.24, 2.45) is 10.9 Å². The van der Waals surface area contributed by atoms with Gasteiger partial charge in [0.15, 0.2) is 17.3 Å². The minimum atomic E-state index is -1.77. The van der Waals surface area contributed by atoms with Crippen molar-refractivity contribution < 1.29 is 28.9 Å². The number of aliphatic hydroxyl groups excluding tert-OH is 1. The summed E-state index contributed by atoms with van der Waals surface area (Å²) in [5, 5.41) is 11.4. The van der Waals surface area contributed by atoms with E-state index in [1.54, 1.807) is 6.92 Å². The number of carbonyl (C=O) groups is 2. The summed E-state index contributed by atoms with van der Waals surface area (Å²) in [5.74, 6) is -1.22. The first-order valence-electron chi connectivity index (χ1n) is 15.5. The molecule has 3 rings (SSSR count). The molecule has 2 atom stereocenters. The molecule has 0 saturated carbocycles. The number of hydrogen-bond acceptors (Lipinski definition) is 7. The molecule has 1 aromatic rings. The molecule has 1 N–H and O–H groups in total. The van der Waals surface area contributed by atoms with Crippen molar-refractivity contribution in [3.8, 4) is 17.2 Å². The van der Waals surface area contributed by atoms with Crippen LogP contribution < -0.4 is 14.2 Å². The van der Waals surface area contributed by atoms with Crippen LogP contribution in [-0.4, -0.2) is 49.3 Å². The van der Waals surface area contributed by atoms with Gasteiger partial charge in [0.2, 0.25) is 11.4 Å². The number of carbonyl (C=O) groups excluding carboxylic acids is 2. The average Bonchev–Trinajstić information content (AvgIpc) is 3.28. The largest absolute Gasteiger partial charge is 0.507 e. The fourth-order valence-electron chi connectivity index (χ4n) is 5.87. The molecule has 8 heteroatoms. The first-order chi connectivity index (χ1) is 19.8. The van der Waals surface area contributed by atoms with Crippen molar-refractivity contribution in [2.75, 3.05) is 20.8 Å². The Kier molecular flexibility index (Phi) is 13.0. The van der Waals surface area contributed by atoms with Gasteiger partial charge in [-0.1, -0.05) is 109 Å². The molecule has 1 aliphatic carbocycles.